The van der Waals surface area contributed by atoms with Gasteiger partial charge in [0.1, 0.15) is 11.5 Å². The number of likely N-dealkylation sites (N-methyl/N-ethyl adjacent to an activating group) is 1. The second kappa shape index (κ2) is 6.37. The van der Waals surface area contributed by atoms with Crippen LogP contribution in [0.25, 0.3) is 0 Å². The Morgan fingerprint density at radius 1 is 1.32 bits per heavy atom. The van der Waals surface area contributed by atoms with E-state index in [9.17, 15) is 0 Å². The maximum Gasteiger partial charge on any atom is 0.118 e. The Hall–Kier alpha value is -1.10. The van der Waals surface area contributed by atoms with Gasteiger partial charge in [0, 0.05) is 17.1 Å². The third kappa shape index (κ3) is 3.69. The van der Waals surface area contributed by atoms with Crippen LogP contribution in [0.4, 0.5) is 0 Å². The molecule has 0 saturated heterocycles. The quantitative estimate of drug-likeness (QED) is 0.916. The molecule has 0 radical (unpaired) electrons. The summed E-state index contributed by atoms with van der Waals surface area (Å²) in [5, 5.41) is 0. The summed E-state index contributed by atoms with van der Waals surface area (Å²) in [5.74, 6) is 1.91. The molecule has 1 heterocycles. The molecule has 0 saturated carbocycles. The lowest BCUT2D eigenvalue weighted by Gasteiger charge is -2.26. The van der Waals surface area contributed by atoms with E-state index >= 15 is 0 Å². The summed E-state index contributed by atoms with van der Waals surface area (Å²) in [4.78, 5) is 2.21. The molecule has 4 heteroatoms. The van der Waals surface area contributed by atoms with E-state index in [4.69, 9.17) is 10.2 Å². The van der Waals surface area contributed by atoms with Gasteiger partial charge in [0.15, 0.2) is 0 Å². The summed E-state index contributed by atoms with van der Waals surface area (Å²) in [6.07, 6.45) is 0. The van der Waals surface area contributed by atoms with Gasteiger partial charge in [0.25, 0.3) is 0 Å². The molecule has 102 valence electrons. The van der Waals surface area contributed by atoms with Gasteiger partial charge in [0.05, 0.1) is 6.54 Å². The molecule has 0 aliphatic heterocycles. The Morgan fingerprint density at radius 3 is 2.68 bits per heavy atom. The van der Waals surface area contributed by atoms with E-state index in [0.717, 1.165) is 22.5 Å². The molecule has 19 heavy (non-hydrogen) atoms. The van der Waals surface area contributed by atoms with Crippen molar-refractivity contribution in [3.8, 4) is 0 Å². The lowest BCUT2D eigenvalue weighted by atomic mass is 10.1. The number of hydrogen-bond donors (Lipinski definition) is 1. The highest BCUT2D eigenvalue weighted by Crippen LogP contribution is 2.23. The Balaban J connectivity index is 2.12. The van der Waals surface area contributed by atoms with Crippen molar-refractivity contribution in [3.05, 3.63) is 58.0 Å². The fourth-order valence-corrected chi connectivity index (χ4v) is 2.63. The Morgan fingerprint density at radius 2 is 2.11 bits per heavy atom. The minimum Gasteiger partial charge on any atom is -0.465 e. The molecular weight excluding hydrogens is 304 g/mol. The molecule has 0 bridgehead atoms. The van der Waals surface area contributed by atoms with Gasteiger partial charge in [-0.2, -0.15) is 0 Å². The number of aryl methyl sites for hydroxylation is 1. The van der Waals surface area contributed by atoms with Gasteiger partial charge in [0.2, 0.25) is 0 Å². The van der Waals surface area contributed by atoms with Crippen LogP contribution >= 0.6 is 15.9 Å². The van der Waals surface area contributed by atoms with Gasteiger partial charge in [-0.25, -0.2) is 0 Å². The zero-order chi connectivity index (χ0) is 13.8. The first-order chi connectivity index (χ1) is 9.10. The van der Waals surface area contributed by atoms with Gasteiger partial charge < -0.3 is 10.2 Å². The van der Waals surface area contributed by atoms with Crippen LogP contribution < -0.4 is 5.73 Å². The highest BCUT2D eigenvalue weighted by molar-refractivity contribution is 9.10. The van der Waals surface area contributed by atoms with Gasteiger partial charge >= 0.3 is 0 Å². The van der Waals surface area contributed by atoms with Crippen LogP contribution in [0.2, 0.25) is 0 Å². The number of furan rings is 1. The number of nitrogens with two attached hydrogens (primary N) is 1. The van der Waals surface area contributed by atoms with E-state index in [1.807, 2.05) is 31.2 Å². The van der Waals surface area contributed by atoms with E-state index in [1.54, 1.807) is 0 Å². The standard InChI is InChI=1S/C15H19BrN2O/c1-11-6-7-14(19-11)10-18(2)15(9-17)12-4-3-5-13(16)8-12/h3-8,15H,9-10,17H2,1-2H3. The Labute approximate surface area is 122 Å². The van der Waals surface area contributed by atoms with Gasteiger partial charge in [-0.1, -0.05) is 28.1 Å². The summed E-state index contributed by atoms with van der Waals surface area (Å²) >= 11 is 3.50. The van der Waals surface area contributed by atoms with E-state index in [1.165, 1.54) is 5.56 Å². The van der Waals surface area contributed by atoms with Crippen molar-refractivity contribution in [2.75, 3.05) is 13.6 Å². The van der Waals surface area contributed by atoms with Crippen LogP contribution in [-0.2, 0) is 6.54 Å². The molecule has 2 N–H and O–H groups in total. The Bertz CT molecular complexity index is 538. The zero-order valence-electron chi connectivity index (χ0n) is 11.3. The smallest absolute Gasteiger partial charge is 0.118 e. The van der Waals surface area contributed by atoms with Crippen LogP contribution in [0, 0.1) is 6.92 Å². The summed E-state index contributed by atoms with van der Waals surface area (Å²) in [7, 11) is 2.07. The van der Waals surface area contributed by atoms with E-state index in [2.05, 4.69) is 40.0 Å². The second-order valence-electron chi connectivity index (χ2n) is 4.73. The van der Waals surface area contributed by atoms with E-state index in [0.29, 0.717) is 6.54 Å². The molecule has 2 rings (SSSR count). The monoisotopic (exact) mass is 322 g/mol. The lowest BCUT2D eigenvalue weighted by Crippen LogP contribution is -2.30. The first kappa shape index (κ1) is 14.3. The van der Waals surface area contributed by atoms with Crippen molar-refractivity contribution in [3.63, 3.8) is 0 Å². The largest absolute Gasteiger partial charge is 0.465 e. The molecular formula is C15H19BrN2O. The predicted octanol–water partition coefficient (Wildman–Crippen LogP) is 3.48. The number of nitrogens with zero attached hydrogens (tertiary/aromatic N) is 1. The highest BCUT2D eigenvalue weighted by atomic mass is 79.9. The number of halogens is 1. The summed E-state index contributed by atoms with van der Waals surface area (Å²) in [6, 6.07) is 12.5. The molecule has 0 aliphatic carbocycles. The minimum absolute atomic E-state index is 0.183. The van der Waals surface area contributed by atoms with Crippen LogP contribution in [0.1, 0.15) is 23.1 Å². The van der Waals surface area contributed by atoms with Crippen molar-refractivity contribution in [2.45, 2.75) is 19.5 Å². The predicted molar refractivity (Wildman–Crippen MR) is 80.8 cm³/mol. The molecule has 0 fully saturated rings. The molecule has 1 aromatic heterocycles. The maximum atomic E-state index is 5.93. The molecule has 1 unspecified atom stereocenters. The molecule has 1 atom stereocenters. The second-order valence-corrected chi connectivity index (χ2v) is 5.65. The summed E-state index contributed by atoms with van der Waals surface area (Å²) < 4.78 is 6.69. The fraction of sp³-hybridized carbons (Fsp3) is 0.333. The molecule has 0 amide bonds. The maximum absolute atomic E-state index is 5.93. The summed E-state index contributed by atoms with van der Waals surface area (Å²) in [5.41, 5.74) is 7.14. The number of benzene rings is 1. The third-order valence-electron chi connectivity index (χ3n) is 3.19. The van der Waals surface area contributed by atoms with Crippen LogP contribution in [0.5, 0.6) is 0 Å². The van der Waals surface area contributed by atoms with Gasteiger partial charge in [-0.3, -0.25) is 4.90 Å². The van der Waals surface area contributed by atoms with Gasteiger partial charge in [-0.15, -0.1) is 0 Å². The third-order valence-corrected chi connectivity index (χ3v) is 3.68. The topological polar surface area (TPSA) is 42.4 Å². The Kier molecular flexibility index (Phi) is 4.80. The molecule has 2 aromatic rings. The number of rotatable bonds is 5. The first-order valence-corrected chi connectivity index (χ1v) is 7.10. The van der Waals surface area contributed by atoms with E-state index in [-0.39, 0.29) is 6.04 Å². The minimum atomic E-state index is 0.183. The number of hydrogen-bond acceptors (Lipinski definition) is 3. The van der Waals surface area contributed by atoms with Crippen LogP contribution in [0.15, 0.2) is 45.3 Å². The average molecular weight is 323 g/mol. The van der Waals surface area contributed by atoms with Crippen molar-refractivity contribution in [1.29, 1.82) is 0 Å². The fourth-order valence-electron chi connectivity index (χ4n) is 2.21. The highest BCUT2D eigenvalue weighted by Gasteiger charge is 2.17. The van der Waals surface area contributed by atoms with Crippen molar-refractivity contribution >= 4 is 15.9 Å². The lowest BCUT2D eigenvalue weighted by molar-refractivity contribution is 0.221. The molecule has 0 spiro atoms. The normalized spacial score (nSPS) is 12.9. The summed E-state index contributed by atoms with van der Waals surface area (Å²) in [6.45, 7) is 3.28. The zero-order valence-corrected chi connectivity index (χ0v) is 12.9. The SMILES string of the molecule is Cc1ccc(CN(C)C(CN)c2cccc(Br)c2)o1. The average Bonchev–Trinajstić information content (AvgIpc) is 2.75. The molecule has 3 nitrogen and oxygen atoms in total. The van der Waals surface area contributed by atoms with E-state index < -0.39 is 0 Å². The van der Waals surface area contributed by atoms with Crippen LogP contribution in [-0.4, -0.2) is 18.5 Å². The first-order valence-electron chi connectivity index (χ1n) is 6.31. The van der Waals surface area contributed by atoms with Crippen LogP contribution in [0.3, 0.4) is 0 Å². The van der Waals surface area contributed by atoms with Crippen molar-refractivity contribution in [1.82, 2.24) is 4.90 Å². The van der Waals surface area contributed by atoms with Crippen molar-refractivity contribution < 1.29 is 4.42 Å². The van der Waals surface area contributed by atoms with Crippen molar-refractivity contribution in [2.24, 2.45) is 5.73 Å². The molecule has 0 aliphatic rings. The molecule has 1 aromatic carbocycles. The van der Waals surface area contributed by atoms with Gasteiger partial charge in [-0.05, 0) is 43.8 Å².